The van der Waals surface area contributed by atoms with Gasteiger partial charge in [-0.25, -0.2) is 0 Å². The Bertz CT molecular complexity index is 542. The molecule has 1 aliphatic heterocycles. The zero-order valence-electron chi connectivity index (χ0n) is 12.6. The molecule has 2 amide bonds. The number of anilines is 2. The molecule has 6 heteroatoms. The third-order valence-corrected chi connectivity index (χ3v) is 3.21. The second-order valence-corrected chi connectivity index (χ2v) is 5.47. The quantitative estimate of drug-likeness (QED) is 0.671. The van der Waals surface area contributed by atoms with E-state index in [1.165, 1.54) is 0 Å². The van der Waals surface area contributed by atoms with E-state index in [4.69, 9.17) is 0 Å². The highest BCUT2D eigenvalue weighted by Gasteiger charge is 2.18. The van der Waals surface area contributed by atoms with Crippen molar-refractivity contribution < 1.29 is 9.59 Å². The molecule has 0 bridgehead atoms. The fourth-order valence-corrected chi connectivity index (χ4v) is 2.14. The molecule has 1 aromatic carbocycles. The summed E-state index contributed by atoms with van der Waals surface area (Å²) < 4.78 is 0. The third kappa shape index (κ3) is 3.87. The SMILES string of the molecule is CC(C)NC(=O)C(C)NC(=O)c1ccc2c(c1)NCCN2. The van der Waals surface area contributed by atoms with Gasteiger partial charge in [-0.05, 0) is 39.0 Å². The first-order chi connectivity index (χ1) is 9.97. The lowest BCUT2D eigenvalue weighted by Gasteiger charge is -2.21. The van der Waals surface area contributed by atoms with Crippen LogP contribution in [-0.2, 0) is 4.79 Å². The Balaban J connectivity index is 2.01. The van der Waals surface area contributed by atoms with Gasteiger partial charge in [0.15, 0.2) is 0 Å². The summed E-state index contributed by atoms with van der Waals surface area (Å²) in [4.78, 5) is 24.0. The van der Waals surface area contributed by atoms with Crippen LogP contribution in [-0.4, -0.2) is 37.0 Å². The first-order valence-corrected chi connectivity index (χ1v) is 7.20. The Kier molecular flexibility index (Phi) is 4.67. The maximum Gasteiger partial charge on any atom is 0.251 e. The molecule has 1 aliphatic rings. The predicted octanol–water partition coefficient (Wildman–Crippen LogP) is 1.17. The van der Waals surface area contributed by atoms with Gasteiger partial charge in [-0.3, -0.25) is 9.59 Å². The topological polar surface area (TPSA) is 82.3 Å². The van der Waals surface area contributed by atoms with E-state index in [-0.39, 0.29) is 17.9 Å². The normalized spacial score (nSPS) is 14.5. The molecule has 0 saturated heterocycles. The molecular formula is C15H22N4O2. The van der Waals surface area contributed by atoms with Gasteiger partial charge in [0.2, 0.25) is 5.91 Å². The fourth-order valence-electron chi connectivity index (χ4n) is 2.14. The molecule has 0 radical (unpaired) electrons. The van der Waals surface area contributed by atoms with E-state index < -0.39 is 6.04 Å². The number of hydrogen-bond donors (Lipinski definition) is 4. The van der Waals surface area contributed by atoms with Crippen molar-refractivity contribution in [1.82, 2.24) is 10.6 Å². The van der Waals surface area contributed by atoms with Gasteiger partial charge in [0.05, 0.1) is 11.4 Å². The summed E-state index contributed by atoms with van der Waals surface area (Å²) in [6, 6.07) is 4.90. The lowest BCUT2D eigenvalue weighted by Crippen LogP contribution is -2.46. The van der Waals surface area contributed by atoms with E-state index in [2.05, 4.69) is 21.3 Å². The molecule has 21 heavy (non-hydrogen) atoms. The first kappa shape index (κ1) is 15.2. The van der Waals surface area contributed by atoms with Crippen LogP contribution in [0.15, 0.2) is 18.2 Å². The van der Waals surface area contributed by atoms with E-state index in [0.717, 1.165) is 24.5 Å². The zero-order chi connectivity index (χ0) is 15.4. The lowest BCUT2D eigenvalue weighted by molar-refractivity contribution is -0.123. The van der Waals surface area contributed by atoms with Crippen LogP contribution in [0.25, 0.3) is 0 Å². The van der Waals surface area contributed by atoms with Gasteiger partial charge in [0.25, 0.3) is 5.91 Å². The molecule has 0 aromatic heterocycles. The number of hydrogen-bond acceptors (Lipinski definition) is 4. The molecular weight excluding hydrogens is 268 g/mol. The number of nitrogens with one attached hydrogen (secondary N) is 4. The minimum atomic E-state index is -0.568. The molecule has 4 N–H and O–H groups in total. The second-order valence-electron chi connectivity index (χ2n) is 5.47. The van der Waals surface area contributed by atoms with Crippen molar-refractivity contribution in [3.63, 3.8) is 0 Å². The number of rotatable bonds is 4. The highest BCUT2D eigenvalue weighted by atomic mass is 16.2. The predicted molar refractivity (Wildman–Crippen MR) is 83.6 cm³/mol. The van der Waals surface area contributed by atoms with E-state index in [1.807, 2.05) is 19.9 Å². The molecule has 1 unspecified atom stereocenters. The molecule has 0 fully saturated rings. The number of fused-ring (bicyclic) bond motifs is 1. The molecule has 1 atom stereocenters. The van der Waals surface area contributed by atoms with Gasteiger partial charge in [0, 0.05) is 24.7 Å². The number of carbonyl (C=O) groups is 2. The van der Waals surface area contributed by atoms with E-state index in [9.17, 15) is 9.59 Å². The highest BCUT2D eigenvalue weighted by molar-refractivity contribution is 5.99. The monoisotopic (exact) mass is 290 g/mol. The first-order valence-electron chi connectivity index (χ1n) is 7.20. The Morgan fingerprint density at radius 2 is 1.71 bits per heavy atom. The highest BCUT2D eigenvalue weighted by Crippen LogP contribution is 2.25. The summed E-state index contributed by atoms with van der Waals surface area (Å²) >= 11 is 0. The average Bonchev–Trinajstić information content (AvgIpc) is 2.45. The summed E-state index contributed by atoms with van der Waals surface area (Å²) in [5, 5.41) is 12.0. The summed E-state index contributed by atoms with van der Waals surface area (Å²) in [6.07, 6.45) is 0. The molecule has 0 saturated carbocycles. The molecule has 1 aromatic rings. The Morgan fingerprint density at radius 1 is 1.05 bits per heavy atom. The van der Waals surface area contributed by atoms with Crippen LogP contribution < -0.4 is 21.3 Å². The van der Waals surface area contributed by atoms with Crippen LogP contribution in [0, 0.1) is 0 Å². The zero-order valence-corrected chi connectivity index (χ0v) is 12.6. The standard InChI is InChI=1S/C15H22N4O2/c1-9(2)18-14(20)10(3)19-15(21)11-4-5-12-13(8-11)17-7-6-16-12/h4-5,8-10,16-17H,6-7H2,1-3H3,(H,18,20)(H,19,21). The van der Waals surface area contributed by atoms with Gasteiger partial charge >= 0.3 is 0 Å². The second kappa shape index (κ2) is 6.47. The van der Waals surface area contributed by atoms with Crippen molar-refractivity contribution in [1.29, 1.82) is 0 Å². The van der Waals surface area contributed by atoms with Gasteiger partial charge in [-0.1, -0.05) is 0 Å². The number of amides is 2. The van der Waals surface area contributed by atoms with Gasteiger partial charge in [-0.2, -0.15) is 0 Å². The molecule has 6 nitrogen and oxygen atoms in total. The maximum absolute atomic E-state index is 12.2. The van der Waals surface area contributed by atoms with Crippen LogP contribution in [0.1, 0.15) is 31.1 Å². The minimum absolute atomic E-state index is 0.0517. The maximum atomic E-state index is 12.2. The summed E-state index contributed by atoms with van der Waals surface area (Å²) in [5.74, 6) is -0.437. The molecule has 2 rings (SSSR count). The van der Waals surface area contributed by atoms with Crippen molar-refractivity contribution in [2.75, 3.05) is 23.7 Å². The van der Waals surface area contributed by atoms with E-state index >= 15 is 0 Å². The molecule has 0 spiro atoms. The fraction of sp³-hybridized carbons (Fsp3) is 0.467. The van der Waals surface area contributed by atoms with E-state index in [1.54, 1.807) is 19.1 Å². The summed E-state index contributed by atoms with van der Waals surface area (Å²) in [6.45, 7) is 7.13. The van der Waals surface area contributed by atoms with Crippen molar-refractivity contribution in [2.45, 2.75) is 32.9 Å². The average molecular weight is 290 g/mol. The Labute approximate surface area is 124 Å². The third-order valence-electron chi connectivity index (χ3n) is 3.21. The van der Waals surface area contributed by atoms with Crippen LogP contribution in [0.3, 0.4) is 0 Å². The van der Waals surface area contributed by atoms with Gasteiger partial charge in [-0.15, -0.1) is 0 Å². The van der Waals surface area contributed by atoms with Crippen LogP contribution in [0.4, 0.5) is 11.4 Å². The largest absolute Gasteiger partial charge is 0.382 e. The van der Waals surface area contributed by atoms with E-state index in [0.29, 0.717) is 5.56 Å². The Morgan fingerprint density at radius 3 is 2.38 bits per heavy atom. The molecule has 0 aliphatic carbocycles. The minimum Gasteiger partial charge on any atom is -0.382 e. The summed E-state index contributed by atoms with van der Waals surface area (Å²) in [5.41, 5.74) is 2.44. The van der Waals surface area contributed by atoms with Crippen molar-refractivity contribution >= 4 is 23.2 Å². The molecule has 114 valence electrons. The molecule has 1 heterocycles. The van der Waals surface area contributed by atoms with Gasteiger partial charge in [0.1, 0.15) is 6.04 Å². The van der Waals surface area contributed by atoms with Crippen molar-refractivity contribution in [3.05, 3.63) is 23.8 Å². The van der Waals surface area contributed by atoms with Crippen molar-refractivity contribution in [3.8, 4) is 0 Å². The van der Waals surface area contributed by atoms with Crippen LogP contribution in [0.2, 0.25) is 0 Å². The van der Waals surface area contributed by atoms with Crippen LogP contribution >= 0.6 is 0 Å². The van der Waals surface area contributed by atoms with Gasteiger partial charge < -0.3 is 21.3 Å². The number of carbonyl (C=O) groups excluding carboxylic acids is 2. The number of benzene rings is 1. The Hall–Kier alpha value is -2.24. The summed E-state index contributed by atoms with van der Waals surface area (Å²) in [7, 11) is 0. The lowest BCUT2D eigenvalue weighted by atomic mass is 10.1. The van der Waals surface area contributed by atoms with Crippen LogP contribution in [0.5, 0.6) is 0 Å². The van der Waals surface area contributed by atoms with Crippen molar-refractivity contribution in [2.24, 2.45) is 0 Å². The smallest absolute Gasteiger partial charge is 0.251 e.